The number of aromatic carboxylic acids is 1. The van der Waals surface area contributed by atoms with Gasteiger partial charge in [0.25, 0.3) is 0 Å². The highest BCUT2D eigenvalue weighted by Gasteiger charge is 2.16. The zero-order valence-corrected chi connectivity index (χ0v) is 10.9. The highest BCUT2D eigenvalue weighted by Crippen LogP contribution is 2.21. The average Bonchev–Trinajstić information content (AvgIpc) is 2.39. The molecule has 6 nitrogen and oxygen atoms in total. The summed E-state index contributed by atoms with van der Waals surface area (Å²) in [5, 5.41) is 14.8. The first-order chi connectivity index (χ1) is 9.08. The normalized spacial score (nSPS) is 15.1. The van der Waals surface area contributed by atoms with Gasteiger partial charge < -0.3 is 20.6 Å². The van der Waals surface area contributed by atoms with E-state index in [1.54, 1.807) is 4.90 Å². The van der Waals surface area contributed by atoms with Crippen LogP contribution < -0.4 is 10.6 Å². The summed E-state index contributed by atoms with van der Waals surface area (Å²) in [5.74, 6) is -1.09. The van der Waals surface area contributed by atoms with E-state index >= 15 is 0 Å². The predicted octanol–water partition coefficient (Wildman–Crippen LogP) is 1.48. The molecule has 0 unspecified atom stereocenters. The van der Waals surface area contributed by atoms with E-state index in [-0.39, 0.29) is 16.6 Å². The number of hydrogen-bond acceptors (Lipinski definition) is 3. The van der Waals surface area contributed by atoms with Crippen LogP contribution >= 0.6 is 11.6 Å². The van der Waals surface area contributed by atoms with Crippen molar-refractivity contribution in [3.05, 3.63) is 28.8 Å². The Morgan fingerprint density at radius 3 is 2.58 bits per heavy atom. The molecule has 0 aliphatic carbocycles. The minimum Gasteiger partial charge on any atom is -0.478 e. The molecule has 102 valence electrons. The van der Waals surface area contributed by atoms with Crippen LogP contribution in [0.2, 0.25) is 5.02 Å². The van der Waals surface area contributed by atoms with Gasteiger partial charge in [0.05, 0.1) is 10.6 Å². The SMILES string of the molecule is O=C(O)c1ccc(NC(=O)N2CCNCC2)cc1Cl. The Kier molecular flexibility index (Phi) is 4.24. The molecule has 1 heterocycles. The molecule has 1 aliphatic rings. The number of amides is 2. The lowest BCUT2D eigenvalue weighted by Crippen LogP contribution is -2.48. The topological polar surface area (TPSA) is 81.7 Å². The molecule has 1 aromatic rings. The van der Waals surface area contributed by atoms with Crippen LogP contribution in [0.15, 0.2) is 18.2 Å². The van der Waals surface area contributed by atoms with Crippen molar-refractivity contribution in [3.8, 4) is 0 Å². The number of carboxylic acids is 1. The Bertz CT molecular complexity index is 501. The van der Waals surface area contributed by atoms with Crippen LogP contribution in [-0.2, 0) is 0 Å². The van der Waals surface area contributed by atoms with Crippen molar-refractivity contribution in [2.75, 3.05) is 31.5 Å². The van der Waals surface area contributed by atoms with Gasteiger partial charge in [0.15, 0.2) is 0 Å². The lowest BCUT2D eigenvalue weighted by Gasteiger charge is -2.27. The van der Waals surface area contributed by atoms with E-state index in [9.17, 15) is 9.59 Å². The highest BCUT2D eigenvalue weighted by molar-refractivity contribution is 6.33. The molecule has 1 fully saturated rings. The Morgan fingerprint density at radius 2 is 2.00 bits per heavy atom. The number of anilines is 1. The third kappa shape index (κ3) is 3.36. The van der Waals surface area contributed by atoms with Crippen molar-refractivity contribution >= 4 is 29.3 Å². The number of carboxylic acid groups (broad SMARTS) is 1. The number of carbonyl (C=O) groups excluding carboxylic acids is 1. The number of piperazine rings is 1. The quantitative estimate of drug-likeness (QED) is 0.768. The van der Waals surface area contributed by atoms with Crippen molar-refractivity contribution in [3.63, 3.8) is 0 Å². The Labute approximate surface area is 115 Å². The minimum absolute atomic E-state index is 0.0156. The fourth-order valence-electron chi connectivity index (χ4n) is 1.84. The van der Waals surface area contributed by atoms with Gasteiger partial charge in [-0.2, -0.15) is 0 Å². The second-order valence-corrected chi connectivity index (χ2v) is 4.57. The number of rotatable bonds is 2. The van der Waals surface area contributed by atoms with Gasteiger partial charge in [-0.1, -0.05) is 11.6 Å². The first kappa shape index (κ1) is 13.6. The van der Waals surface area contributed by atoms with E-state index in [0.717, 1.165) is 13.1 Å². The smallest absolute Gasteiger partial charge is 0.337 e. The van der Waals surface area contributed by atoms with E-state index in [0.29, 0.717) is 18.8 Å². The minimum atomic E-state index is -1.09. The van der Waals surface area contributed by atoms with Gasteiger partial charge in [-0.3, -0.25) is 0 Å². The van der Waals surface area contributed by atoms with Crippen molar-refractivity contribution in [1.82, 2.24) is 10.2 Å². The van der Waals surface area contributed by atoms with Gasteiger partial charge in [0.1, 0.15) is 0 Å². The first-order valence-corrected chi connectivity index (χ1v) is 6.25. The van der Waals surface area contributed by atoms with E-state index < -0.39 is 5.97 Å². The molecule has 0 bridgehead atoms. The second kappa shape index (κ2) is 5.90. The van der Waals surface area contributed by atoms with Gasteiger partial charge in [0.2, 0.25) is 0 Å². The van der Waals surface area contributed by atoms with Crippen LogP contribution in [-0.4, -0.2) is 48.2 Å². The van der Waals surface area contributed by atoms with E-state index in [4.69, 9.17) is 16.7 Å². The van der Waals surface area contributed by atoms with Gasteiger partial charge in [-0.15, -0.1) is 0 Å². The number of urea groups is 1. The van der Waals surface area contributed by atoms with E-state index in [2.05, 4.69) is 10.6 Å². The van der Waals surface area contributed by atoms with Crippen LogP contribution in [0.5, 0.6) is 0 Å². The lowest BCUT2D eigenvalue weighted by atomic mass is 10.2. The van der Waals surface area contributed by atoms with Gasteiger partial charge in [-0.25, -0.2) is 9.59 Å². The standard InChI is InChI=1S/C12H14ClN3O3/c13-10-7-8(1-2-9(10)11(17)18)15-12(19)16-5-3-14-4-6-16/h1-2,7,14H,3-6H2,(H,15,19)(H,17,18). The van der Waals surface area contributed by atoms with E-state index in [1.165, 1.54) is 18.2 Å². The number of halogens is 1. The third-order valence-corrected chi connectivity index (χ3v) is 3.17. The molecule has 0 radical (unpaired) electrons. The van der Waals surface area contributed by atoms with Crippen LogP contribution in [0.1, 0.15) is 10.4 Å². The number of nitrogens with one attached hydrogen (secondary N) is 2. The average molecular weight is 284 g/mol. The summed E-state index contributed by atoms with van der Waals surface area (Å²) in [4.78, 5) is 24.4. The van der Waals surface area contributed by atoms with Crippen molar-refractivity contribution in [2.45, 2.75) is 0 Å². The molecule has 1 aromatic carbocycles. The maximum Gasteiger partial charge on any atom is 0.337 e. The van der Waals surface area contributed by atoms with Crippen molar-refractivity contribution < 1.29 is 14.7 Å². The van der Waals surface area contributed by atoms with Crippen LogP contribution in [0.3, 0.4) is 0 Å². The Balaban J connectivity index is 2.04. The molecule has 0 aromatic heterocycles. The molecule has 0 saturated carbocycles. The number of nitrogens with zero attached hydrogens (tertiary/aromatic N) is 1. The Hall–Kier alpha value is -1.79. The van der Waals surface area contributed by atoms with Crippen molar-refractivity contribution in [1.29, 1.82) is 0 Å². The summed E-state index contributed by atoms with van der Waals surface area (Å²) in [6.07, 6.45) is 0. The van der Waals surface area contributed by atoms with Gasteiger partial charge in [0, 0.05) is 31.9 Å². The maximum absolute atomic E-state index is 11.9. The first-order valence-electron chi connectivity index (χ1n) is 5.87. The zero-order valence-electron chi connectivity index (χ0n) is 10.1. The zero-order chi connectivity index (χ0) is 13.8. The summed E-state index contributed by atoms with van der Waals surface area (Å²) in [5.41, 5.74) is 0.500. The van der Waals surface area contributed by atoms with Crippen LogP contribution in [0.4, 0.5) is 10.5 Å². The molecule has 2 rings (SSSR count). The summed E-state index contributed by atoms with van der Waals surface area (Å²) in [6, 6.07) is 4.12. The molecule has 1 saturated heterocycles. The maximum atomic E-state index is 11.9. The number of hydrogen-bond donors (Lipinski definition) is 3. The monoisotopic (exact) mass is 283 g/mol. The summed E-state index contributed by atoms with van der Waals surface area (Å²) < 4.78 is 0. The Morgan fingerprint density at radius 1 is 1.32 bits per heavy atom. The fourth-order valence-corrected chi connectivity index (χ4v) is 2.10. The van der Waals surface area contributed by atoms with Gasteiger partial charge in [-0.05, 0) is 18.2 Å². The molecule has 3 N–H and O–H groups in total. The molecular weight excluding hydrogens is 270 g/mol. The van der Waals surface area contributed by atoms with Crippen LogP contribution in [0, 0.1) is 0 Å². The van der Waals surface area contributed by atoms with Crippen LogP contribution in [0.25, 0.3) is 0 Å². The lowest BCUT2D eigenvalue weighted by molar-refractivity contribution is 0.0697. The summed E-state index contributed by atoms with van der Waals surface area (Å²) in [6.45, 7) is 2.83. The number of benzene rings is 1. The molecule has 1 aliphatic heterocycles. The molecular formula is C12H14ClN3O3. The molecule has 0 atom stereocenters. The number of carbonyl (C=O) groups is 2. The fraction of sp³-hybridized carbons (Fsp3) is 0.333. The predicted molar refractivity (Wildman–Crippen MR) is 71.9 cm³/mol. The highest BCUT2D eigenvalue weighted by atomic mass is 35.5. The van der Waals surface area contributed by atoms with Crippen molar-refractivity contribution in [2.24, 2.45) is 0 Å². The second-order valence-electron chi connectivity index (χ2n) is 4.17. The molecule has 19 heavy (non-hydrogen) atoms. The van der Waals surface area contributed by atoms with E-state index in [1.807, 2.05) is 0 Å². The summed E-state index contributed by atoms with van der Waals surface area (Å²) >= 11 is 5.84. The third-order valence-electron chi connectivity index (χ3n) is 2.85. The molecule has 0 spiro atoms. The van der Waals surface area contributed by atoms with Gasteiger partial charge >= 0.3 is 12.0 Å². The molecule has 2 amide bonds. The summed E-state index contributed by atoms with van der Waals surface area (Å²) in [7, 11) is 0. The molecule has 7 heteroatoms. The largest absolute Gasteiger partial charge is 0.478 e.